The third kappa shape index (κ3) is 3.23. The molecule has 0 aliphatic carbocycles. The highest BCUT2D eigenvalue weighted by molar-refractivity contribution is 5.77. The number of hydrogen-bond acceptors (Lipinski definition) is 4. The van der Waals surface area contributed by atoms with Gasteiger partial charge in [0.05, 0.1) is 0 Å². The number of benzene rings is 2. The quantitative estimate of drug-likeness (QED) is 0.740. The van der Waals surface area contributed by atoms with E-state index in [9.17, 15) is 4.39 Å². The van der Waals surface area contributed by atoms with Crippen molar-refractivity contribution in [3.63, 3.8) is 0 Å². The molecule has 0 spiro atoms. The number of nitrogens with one attached hydrogen (secondary N) is 1. The van der Waals surface area contributed by atoms with E-state index < -0.39 is 0 Å². The Labute approximate surface area is 150 Å². The maximum atomic E-state index is 13.3. The van der Waals surface area contributed by atoms with Crippen LogP contribution in [0.3, 0.4) is 0 Å². The Morgan fingerprint density at radius 1 is 1.08 bits per heavy atom. The number of anilines is 1. The van der Waals surface area contributed by atoms with E-state index in [1.165, 1.54) is 12.1 Å². The van der Waals surface area contributed by atoms with E-state index in [4.69, 9.17) is 5.11 Å². The topological polar surface area (TPSA) is 63.0 Å². The van der Waals surface area contributed by atoms with Gasteiger partial charge in [-0.25, -0.2) is 9.07 Å². The van der Waals surface area contributed by atoms with Gasteiger partial charge in [-0.15, -0.1) is 0 Å². The van der Waals surface area contributed by atoms with Crippen LogP contribution >= 0.6 is 0 Å². The summed E-state index contributed by atoms with van der Waals surface area (Å²) in [7, 11) is 0. The number of aliphatic hydroxyl groups is 1. The second kappa shape index (κ2) is 7.09. The van der Waals surface area contributed by atoms with Gasteiger partial charge < -0.3 is 10.4 Å². The van der Waals surface area contributed by atoms with E-state index in [0.29, 0.717) is 24.6 Å². The van der Waals surface area contributed by atoms with Crippen LogP contribution in [0.1, 0.15) is 29.4 Å². The monoisotopic (exact) mass is 350 g/mol. The van der Waals surface area contributed by atoms with Crippen LogP contribution in [-0.4, -0.2) is 26.5 Å². The molecule has 3 aromatic rings. The molecule has 0 radical (unpaired) electrons. The zero-order chi connectivity index (χ0) is 17.9. The van der Waals surface area contributed by atoms with Gasteiger partial charge in [-0.05, 0) is 47.9 Å². The molecule has 26 heavy (non-hydrogen) atoms. The SMILES string of the molecule is OCCCc1nc2n(n1)[C@H](c1ccccc1)C=C(c1ccc(F)cc1)N2. The van der Waals surface area contributed by atoms with E-state index in [1.807, 2.05) is 35.0 Å². The van der Waals surface area contributed by atoms with Gasteiger partial charge in [-0.3, -0.25) is 0 Å². The zero-order valence-corrected chi connectivity index (χ0v) is 14.1. The van der Waals surface area contributed by atoms with Gasteiger partial charge in [-0.1, -0.05) is 30.3 Å². The highest BCUT2D eigenvalue weighted by Crippen LogP contribution is 2.32. The van der Waals surface area contributed by atoms with E-state index in [0.717, 1.165) is 16.8 Å². The molecule has 4 rings (SSSR count). The first-order valence-corrected chi connectivity index (χ1v) is 8.60. The number of aryl methyl sites for hydroxylation is 1. The average molecular weight is 350 g/mol. The fourth-order valence-electron chi connectivity index (χ4n) is 3.07. The van der Waals surface area contributed by atoms with Gasteiger partial charge in [0.1, 0.15) is 11.9 Å². The summed E-state index contributed by atoms with van der Waals surface area (Å²) in [5.41, 5.74) is 2.85. The minimum atomic E-state index is -0.265. The fraction of sp³-hybridized carbons (Fsp3) is 0.200. The first-order chi connectivity index (χ1) is 12.7. The Morgan fingerprint density at radius 2 is 1.85 bits per heavy atom. The first kappa shape index (κ1) is 16.5. The molecule has 0 amide bonds. The van der Waals surface area contributed by atoms with Crippen LogP contribution in [0, 0.1) is 5.82 Å². The van der Waals surface area contributed by atoms with Crippen molar-refractivity contribution in [1.29, 1.82) is 0 Å². The second-order valence-corrected chi connectivity index (χ2v) is 6.19. The Bertz CT molecular complexity index is 919. The maximum Gasteiger partial charge on any atom is 0.226 e. The molecule has 0 saturated heterocycles. The summed E-state index contributed by atoms with van der Waals surface area (Å²) in [5.74, 6) is 1.07. The number of allylic oxidation sites excluding steroid dienone is 1. The number of aliphatic hydroxyl groups excluding tert-OH is 1. The molecule has 0 unspecified atom stereocenters. The van der Waals surface area contributed by atoms with Crippen molar-refractivity contribution in [2.45, 2.75) is 18.9 Å². The van der Waals surface area contributed by atoms with Crippen LogP contribution < -0.4 is 5.32 Å². The number of nitrogens with zero attached hydrogens (tertiary/aromatic N) is 3. The molecule has 2 aromatic carbocycles. The van der Waals surface area contributed by atoms with Crippen molar-refractivity contribution < 1.29 is 9.50 Å². The van der Waals surface area contributed by atoms with Crippen LogP contribution in [0.15, 0.2) is 60.7 Å². The van der Waals surface area contributed by atoms with Crippen LogP contribution in [0.4, 0.5) is 10.3 Å². The van der Waals surface area contributed by atoms with Gasteiger partial charge in [0, 0.05) is 18.7 Å². The van der Waals surface area contributed by atoms with Crippen LogP contribution in [0.5, 0.6) is 0 Å². The number of fused-ring (bicyclic) bond motifs is 1. The first-order valence-electron chi connectivity index (χ1n) is 8.60. The van der Waals surface area contributed by atoms with E-state index in [2.05, 4.69) is 21.5 Å². The number of aromatic nitrogens is 3. The highest BCUT2D eigenvalue weighted by Gasteiger charge is 2.25. The Kier molecular flexibility index (Phi) is 4.50. The summed E-state index contributed by atoms with van der Waals surface area (Å²) >= 11 is 0. The molecule has 1 atom stereocenters. The average Bonchev–Trinajstić information content (AvgIpc) is 3.09. The Balaban J connectivity index is 1.75. The molecule has 5 nitrogen and oxygen atoms in total. The lowest BCUT2D eigenvalue weighted by atomic mass is 10.0. The highest BCUT2D eigenvalue weighted by atomic mass is 19.1. The molecule has 0 saturated carbocycles. The minimum absolute atomic E-state index is 0.108. The molecule has 2 N–H and O–H groups in total. The molecule has 1 aromatic heterocycles. The minimum Gasteiger partial charge on any atom is -0.396 e. The molecule has 1 aliphatic rings. The molecular weight excluding hydrogens is 331 g/mol. The van der Waals surface area contributed by atoms with Crippen LogP contribution in [0.25, 0.3) is 5.70 Å². The number of halogens is 1. The van der Waals surface area contributed by atoms with Gasteiger partial charge in [0.25, 0.3) is 0 Å². The summed E-state index contributed by atoms with van der Waals surface area (Å²) in [6.45, 7) is 0.110. The molecule has 132 valence electrons. The largest absolute Gasteiger partial charge is 0.396 e. The third-order valence-corrected chi connectivity index (χ3v) is 4.36. The molecule has 2 heterocycles. The van der Waals surface area contributed by atoms with Crippen molar-refractivity contribution in [3.05, 3.63) is 83.4 Å². The third-order valence-electron chi connectivity index (χ3n) is 4.36. The second-order valence-electron chi connectivity index (χ2n) is 6.19. The lowest BCUT2D eigenvalue weighted by Gasteiger charge is -2.24. The molecular formula is C20H19FN4O. The predicted octanol–water partition coefficient (Wildman–Crippen LogP) is 3.40. The van der Waals surface area contributed by atoms with Gasteiger partial charge >= 0.3 is 0 Å². The Hall–Kier alpha value is -2.99. The van der Waals surface area contributed by atoms with Crippen molar-refractivity contribution >= 4 is 11.6 Å². The Morgan fingerprint density at radius 3 is 2.58 bits per heavy atom. The molecule has 0 fully saturated rings. The van der Waals surface area contributed by atoms with Crippen molar-refractivity contribution in [2.24, 2.45) is 0 Å². The summed E-state index contributed by atoms with van der Waals surface area (Å²) < 4.78 is 15.1. The smallest absolute Gasteiger partial charge is 0.226 e. The molecule has 6 heteroatoms. The van der Waals surface area contributed by atoms with E-state index in [1.54, 1.807) is 12.1 Å². The van der Waals surface area contributed by atoms with Crippen LogP contribution in [0.2, 0.25) is 0 Å². The van der Waals surface area contributed by atoms with E-state index >= 15 is 0 Å². The fourth-order valence-corrected chi connectivity index (χ4v) is 3.07. The molecule has 0 bridgehead atoms. The van der Waals surface area contributed by atoms with Crippen LogP contribution in [-0.2, 0) is 6.42 Å². The standard InChI is InChI=1S/C20H19FN4O/c21-16-10-8-14(9-11-16)17-13-18(15-5-2-1-3-6-15)25-20(22-17)23-19(24-25)7-4-12-26/h1-3,5-6,8-11,13,18,26H,4,7,12H2,(H,22,23,24)/t18-/m0/s1. The summed E-state index contributed by atoms with van der Waals surface area (Å²) in [6.07, 6.45) is 3.31. The van der Waals surface area contributed by atoms with Gasteiger partial charge in [-0.2, -0.15) is 10.1 Å². The number of rotatable bonds is 5. The summed E-state index contributed by atoms with van der Waals surface area (Å²) in [4.78, 5) is 4.57. The lowest BCUT2D eigenvalue weighted by molar-refractivity contribution is 0.287. The summed E-state index contributed by atoms with van der Waals surface area (Å²) in [5, 5.41) is 17.0. The molecule has 1 aliphatic heterocycles. The predicted molar refractivity (Wildman–Crippen MR) is 98.0 cm³/mol. The maximum absolute atomic E-state index is 13.3. The van der Waals surface area contributed by atoms with Gasteiger partial charge in [0.15, 0.2) is 5.82 Å². The van der Waals surface area contributed by atoms with Gasteiger partial charge in [0.2, 0.25) is 5.95 Å². The summed E-state index contributed by atoms with van der Waals surface area (Å²) in [6, 6.07) is 16.3. The normalized spacial score (nSPS) is 15.9. The number of hydrogen-bond donors (Lipinski definition) is 2. The van der Waals surface area contributed by atoms with Crippen molar-refractivity contribution in [1.82, 2.24) is 14.8 Å². The zero-order valence-electron chi connectivity index (χ0n) is 14.1. The van der Waals surface area contributed by atoms with Crippen molar-refractivity contribution in [3.8, 4) is 0 Å². The lowest BCUT2D eigenvalue weighted by Crippen LogP contribution is -2.20. The van der Waals surface area contributed by atoms with E-state index in [-0.39, 0.29) is 18.5 Å². The van der Waals surface area contributed by atoms with Crippen molar-refractivity contribution in [2.75, 3.05) is 11.9 Å².